The third-order valence-corrected chi connectivity index (χ3v) is 2.86. The first-order valence-electron chi connectivity index (χ1n) is 4.21. The summed E-state index contributed by atoms with van der Waals surface area (Å²) in [6, 6.07) is 0. The van der Waals surface area contributed by atoms with Crippen molar-refractivity contribution in [2.75, 3.05) is 0 Å². The summed E-state index contributed by atoms with van der Waals surface area (Å²) in [6.07, 6.45) is 3.58. The van der Waals surface area contributed by atoms with Crippen molar-refractivity contribution >= 4 is 11.8 Å². The van der Waals surface area contributed by atoms with Gasteiger partial charge in [0.05, 0.1) is 6.10 Å². The SMILES string of the molecule is CC[C@@H]1O[C@H](C(C)C)C=CS1. The quantitative estimate of drug-likeness (QED) is 0.633. The van der Waals surface area contributed by atoms with Crippen LogP contribution in [0.2, 0.25) is 0 Å². The largest absolute Gasteiger partial charge is 0.360 e. The molecule has 0 unspecified atom stereocenters. The molecule has 0 fully saturated rings. The number of hydrogen-bond acceptors (Lipinski definition) is 2. The molecule has 0 radical (unpaired) electrons. The summed E-state index contributed by atoms with van der Waals surface area (Å²) in [5.74, 6) is 0.598. The molecule has 0 aromatic rings. The molecule has 2 heteroatoms. The van der Waals surface area contributed by atoms with Crippen molar-refractivity contribution in [3.63, 3.8) is 0 Å². The van der Waals surface area contributed by atoms with Gasteiger partial charge in [0, 0.05) is 0 Å². The van der Waals surface area contributed by atoms with Gasteiger partial charge < -0.3 is 4.74 Å². The van der Waals surface area contributed by atoms with Crippen molar-refractivity contribution in [2.24, 2.45) is 5.92 Å². The maximum absolute atomic E-state index is 5.77. The van der Waals surface area contributed by atoms with Crippen LogP contribution in [0.1, 0.15) is 27.2 Å². The van der Waals surface area contributed by atoms with Crippen LogP contribution in [0.4, 0.5) is 0 Å². The summed E-state index contributed by atoms with van der Waals surface area (Å²) in [4.78, 5) is 0. The molecular weight excluding hydrogens is 156 g/mol. The Morgan fingerprint density at radius 2 is 2.27 bits per heavy atom. The minimum absolute atomic E-state index is 0.334. The van der Waals surface area contributed by atoms with E-state index in [2.05, 4.69) is 32.3 Å². The van der Waals surface area contributed by atoms with E-state index in [4.69, 9.17) is 4.74 Å². The average Bonchev–Trinajstić information content (AvgIpc) is 2.05. The molecule has 0 amide bonds. The van der Waals surface area contributed by atoms with Crippen LogP contribution in [0, 0.1) is 5.92 Å². The van der Waals surface area contributed by atoms with Crippen LogP contribution in [0.3, 0.4) is 0 Å². The van der Waals surface area contributed by atoms with E-state index in [9.17, 15) is 0 Å². The van der Waals surface area contributed by atoms with E-state index in [0.29, 0.717) is 17.5 Å². The molecule has 0 saturated carbocycles. The van der Waals surface area contributed by atoms with Gasteiger partial charge in [-0.2, -0.15) is 0 Å². The highest BCUT2D eigenvalue weighted by molar-refractivity contribution is 8.02. The second kappa shape index (κ2) is 4.17. The third-order valence-electron chi connectivity index (χ3n) is 1.80. The summed E-state index contributed by atoms with van der Waals surface area (Å²) < 4.78 is 5.77. The average molecular weight is 172 g/mol. The number of hydrogen-bond donors (Lipinski definition) is 0. The Balaban J connectivity index is 2.45. The summed E-state index contributed by atoms with van der Waals surface area (Å²) in [6.45, 7) is 6.55. The fourth-order valence-electron chi connectivity index (χ4n) is 1.03. The molecular formula is C9H16OS. The van der Waals surface area contributed by atoms with Gasteiger partial charge in [0.1, 0.15) is 5.44 Å². The molecule has 0 aromatic carbocycles. The van der Waals surface area contributed by atoms with E-state index in [1.54, 1.807) is 11.8 Å². The Morgan fingerprint density at radius 3 is 2.82 bits per heavy atom. The van der Waals surface area contributed by atoms with Gasteiger partial charge in [-0.1, -0.05) is 20.8 Å². The summed E-state index contributed by atoms with van der Waals surface area (Å²) in [5.41, 5.74) is 0.382. The monoisotopic (exact) mass is 172 g/mol. The number of thioether (sulfide) groups is 1. The van der Waals surface area contributed by atoms with Gasteiger partial charge in [-0.3, -0.25) is 0 Å². The second-order valence-corrected chi connectivity index (χ2v) is 4.22. The molecule has 0 bridgehead atoms. The standard InChI is InChI=1S/C9H16OS/c1-4-9-10-8(7(2)3)5-6-11-9/h5-9H,4H2,1-3H3/t8-,9+/m0/s1. The summed E-state index contributed by atoms with van der Waals surface area (Å²) >= 11 is 1.78. The normalized spacial score (nSPS) is 31.3. The Kier molecular flexibility index (Phi) is 3.46. The van der Waals surface area contributed by atoms with Gasteiger partial charge in [-0.15, -0.1) is 11.8 Å². The highest BCUT2D eigenvalue weighted by Crippen LogP contribution is 2.27. The smallest absolute Gasteiger partial charge is 0.107 e. The lowest BCUT2D eigenvalue weighted by Gasteiger charge is -2.26. The minimum Gasteiger partial charge on any atom is -0.360 e. The molecule has 0 saturated heterocycles. The van der Waals surface area contributed by atoms with E-state index in [1.165, 1.54) is 0 Å². The zero-order valence-corrected chi connectivity index (χ0v) is 8.23. The van der Waals surface area contributed by atoms with Crippen molar-refractivity contribution in [2.45, 2.75) is 38.7 Å². The highest BCUT2D eigenvalue weighted by atomic mass is 32.2. The van der Waals surface area contributed by atoms with E-state index < -0.39 is 0 Å². The molecule has 1 aliphatic heterocycles. The lowest BCUT2D eigenvalue weighted by atomic mass is 10.1. The molecule has 11 heavy (non-hydrogen) atoms. The van der Waals surface area contributed by atoms with Gasteiger partial charge >= 0.3 is 0 Å². The second-order valence-electron chi connectivity index (χ2n) is 3.15. The maximum atomic E-state index is 5.77. The zero-order chi connectivity index (χ0) is 8.27. The van der Waals surface area contributed by atoms with Crippen LogP contribution in [0.15, 0.2) is 11.5 Å². The van der Waals surface area contributed by atoms with Gasteiger partial charge in [-0.25, -0.2) is 0 Å². The first-order chi connectivity index (χ1) is 5.24. The van der Waals surface area contributed by atoms with Gasteiger partial charge in [0.25, 0.3) is 0 Å². The fraction of sp³-hybridized carbons (Fsp3) is 0.778. The molecule has 2 atom stereocenters. The van der Waals surface area contributed by atoms with Crippen molar-refractivity contribution in [1.29, 1.82) is 0 Å². The van der Waals surface area contributed by atoms with Crippen molar-refractivity contribution in [3.05, 3.63) is 11.5 Å². The Morgan fingerprint density at radius 1 is 1.55 bits per heavy atom. The van der Waals surface area contributed by atoms with Crippen molar-refractivity contribution < 1.29 is 4.74 Å². The lowest BCUT2D eigenvalue weighted by molar-refractivity contribution is 0.0341. The molecule has 1 nitrogen and oxygen atoms in total. The van der Waals surface area contributed by atoms with Crippen molar-refractivity contribution in [1.82, 2.24) is 0 Å². The van der Waals surface area contributed by atoms with Crippen LogP contribution < -0.4 is 0 Å². The summed E-state index contributed by atoms with van der Waals surface area (Å²) in [5, 5.41) is 2.17. The first kappa shape index (κ1) is 9.14. The minimum atomic E-state index is 0.334. The number of ether oxygens (including phenoxy) is 1. The topological polar surface area (TPSA) is 9.23 Å². The van der Waals surface area contributed by atoms with E-state index in [1.807, 2.05) is 0 Å². The molecule has 0 spiro atoms. The lowest BCUT2D eigenvalue weighted by Crippen LogP contribution is -2.24. The zero-order valence-electron chi connectivity index (χ0n) is 7.41. The molecule has 0 aromatic heterocycles. The van der Waals surface area contributed by atoms with Crippen LogP contribution in [-0.2, 0) is 4.74 Å². The fourth-order valence-corrected chi connectivity index (χ4v) is 1.84. The van der Waals surface area contributed by atoms with Gasteiger partial charge in [-0.05, 0) is 23.8 Å². The van der Waals surface area contributed by atoms with E-state index in [0.717, 1.165) is 6.42 Å². The van der Waals surface area contributed by atoms with Gasteiger partial charge in [0.15, 0.2) is 0 Å². The molecule has 1 rings (SSSR count). The van der Waals surface area contributed by atoms with Crippen LogP contribution in [0.5, 0.6) is 0 Å². The predicted molar refractivity (Wildman–Crippen MR) is 50.5 cm³/mol. The molecule has 1 heterocycles. The van der Waals surface area contributed by atoms with Crippen LogP contribution in [-0.4, -0.2) is 11.5 Å². The highest BCUT2D eigenvalue weighted by Gasteiger charge is 2.19. The van der Waals surface area contributed by atoms with Crippen LogP contribution >= 0.6 is 11.8 Å². The maximum Gasteiger partial charge on any atom is 0.107 e. The predicted octanol–water partition coefficient (Wildman–Crippen LogP) is 3.02. The van der Waals surface area contributed by atoms with Gasteiger partial charge in [0.2, 0.25) is 0 Å². The Hall–Kier alpha value is 0.0500. The van der Waals surface area contributed by atoms with E-state index >= 15 is 0 Å². The summed E-state index contributed by atoms with van der Waals surface area (Å²) in [7, 11) is 0. The van der Waals surface area contributed by atoms with Crippen LogP contribution in [0.25, 0.3) is 0 Å². The molecule has 0 aliphatic carbocycles. The molecule has 0 N–H and O–H groups in total. The third kappa shape index (κ3) is 2.53. The number of rotatable bonds is 2. The first-order valence-corrected chi connectivity index (χ1v) is 5.16. The van der Waals surface area contributed by atoms with E-state index in [-0.39, 0.29) is 0 Å². The Bertz CT molecular complexity index is 142. The molecule has 1 aliphatic rings. The molecule has 64 valence electrons. The van der Waals surface area contributed by atoms with Crippen molar-refractivity contribution in [3.8, 4) is 0 Å². The Labute approximate surface area is 73.2 Å².